The number of aryl methyl sites for hydroxylation is 2. The first-order valence-electron chi connectivity index (χ1n) is 8.63. The molecule has 24 heavy (non-hydrogen) atoms. The van der Waals surface area contributed by atoms with E-state index >= 15 is 0 Å². The lowest BCUT2D eigenvalue weighted by Gasteiger charge is -2.25. The molecular formula is C21H25NO2. The molecule has 1 heterocycles. The van der Waals surface area contributed by atoms with Gasteiger partial charge in [0, 0.05) is 6.54 Å². The Balaban J connectivity index is 1.60. The molecule has 1 fully saturated rings. The molecule has 2 aromatic carbocycles. The fourth-order valence-electron chi connectivity index (χ4n) is 3.30. The highest BCUT2D eigenvalue weighted by Gasteiger charge is 2.29. The van der Waals surface area contributed by atoms with E-state index in [0.29, 0.717) is 6.61 Å². The standard InChI is InChI=1S/C21H25NO2/c1-16-10-11-19(13-17(16)2)20-9-6-12-22(20)21(23)15-24-14-18-7-4-3-5-8-18/h3-5,7-8,10-11,13,20H,6,9,12,14-15H2,1-2H3. The summed E-state index contributed by atoms with van der Waals surface area (Å²) in [7, 11) is 0. The number of carbonyl (C=O) groups is 1. The van der Waals surface area contributed by atoms with E-state index in [9.17, 15) is 4.79 Å². The number of amides is 1. The normalized spacial score (nSPS) is 17.2. The SMILES string of the molecule is Cc1ccc(C2CCCN2C(=O)COCc2ccccc2)cc1C. The molecular weight excluding hydrogens is 298 g/mol. The van der Waals surface area contributed by atoms with Gasteiger partial charge in [0.1, 0.15) is 6.61 Å². The maximum absolute atomic E-state index is 12.6. The Bertz CT molecular complexity index is 696. The molecule has 3 heteroatoms. The second-order valence-corrected chi connectivity index (χ2v) is 6.57. The van der Waals surface area contributed by atoms with Crippen LogP contribution in [0.25, 0.3) is 0 Å². The fourth-order valence-corrected chi connectivity index (χ4v) is 3.30. The molecule has 3 rings (SSSR count). The van der Waals surface area contributed by atoms with E-state index in [1.165, 1.54) is 16.7 Å². The van der Waals surface area contributed by atoms with E-state index in [1.54, 1.807) is 0 Å². The van der Waals surface area contributed by atoms with Crippen molar-refractivity contribution in [2.45, 2.75) is 39.3 Å². The summed E-state index contributed by atoms with van der Waals surface area (Å²) in [5, 5.41) is 0. The van der Waals surface area contributed by atoms with E-state index < -0.39 is 0 Å². The molecule has 1 saturated heterocycles. The van der Waals surface area contributed by atoms with Crippen molar-refractivity contribution >= 4 is 5.91 Å². The summed E-state index contributed by atoms with van der Waals surface area (Å²) < 4.78 is 5.63. The Kier molecular flexibility index (Phi) is 5.31. The Morgan fingerprint density at radius 1 is 1.12 bits per heavy atom. The minimum atomic E-state index is 0.0895. The van der Waals surface area contributed by atoms with Crippen molar-refractivity contribution in [3.63, 3.8) is 0 Å². The molecule has 0 bridgehead atoms. The van der Waals surface area contributed by atoms with Crippen molar-refractivity contribution in [1.29, 1.82) is 0 Å². The number of hydrogen-bond donors (Lipinski definition) is 0. The van der Waals surface area contributed by atoms with Crippen molar-refractivity contribution in [3.8, 4) is 0 Å². The van der Waals surface area contributed by atoms with Crippen LogP contribution < -0.4 is 0 Å². The zero-order chi connectivity index (χ0) is 16.9. The first-order valence-corrected chi connectivity index (χ1v) is 8.63. The van der Waals surface area contributed by atoms with Crippen LogP contribution in [0.1, 0.15) is 41.1 Å². The number of carbonyl (C=O) groups excluding carboxylic acids is 1. The molecule has 1 aliphatic rings. The molecule has 0 aromatic heterocycles. The van der Waals surface area contributed by atoms with Crippen LogP contribution in [0, 0.1) is 13.8 Å². The van der Waals surface area contributed by atoms with Crippen molar-refractivity contribution in [2.75, 3.05) is 13.2 Å². The van der Waals surface area contributed by atoms with Gasteiger partial charge in [-0.25, -0.2) is 0 Å². The summed E-state index contributed by atoms with van der Waals surface area (Å²) in [6.45, 7) is 5.70. The van der Waals surface area contributed by atoms with Gasteiger partial charge in [0.2, 0.25) is 5.91 Å². The second-order valence-electron chi connectivity index (χ2n) is 6.57. The number of hydrogen-bond acceptors (Lipinski definition) is 2. The first-order chi connectivity index (χ1) is 11.6. The Hall–Kier alpha value is -2.13. The number of rotatable bonds is 5. The summed E-state index contributed by atoms with van der Waals surface area (Å²) in [6, 6.07) is 16.7. The van der Waals surface area contributed by atoms with E-state index in [2.05, 4.69) is 32.0 Å². The van der Waals surface area contributed by atoms with Gasteiger partial charge in [0.05, 0.1) is 12.6 Å². The van der Waals surface area contributed by atoms with E-state index in [-0.39, 0.29) is 18.6 Å². The average molecular weight is 323 g/mol. The van der Waals surface area contributed by atoms with Gasteiger partial charge in [-0.3, -0.25) is 4.79 Å². The van der Waals surface area contributed by atoms with Crippen LogP contribution in [0.2, 0.25) is 0 Å². The lowest BCUT2D eigenvalue weighted by Crippen LogP contribution is -2.33. The molecule has 2 aromatic rings. The highest BCUT2D eigenvalue weighted by Crippen LogP contribution is 2.32. The van der Waals surface area contributed by atoms with Gasteiger partial charge in [-0.05, 0) is 48.9 Å². The lowest BCUT2D eigenvalue weighted by molar-refractivity contribution is -0.137. The van der Waals surface area contributed by atoms with E-state index in [1.807, 2.05) is 35.2 Å². The fraction of sp³-hybridized carbons (Fsp3) is 0.381. The zero-order valence-corrected chi connectivity index (χ0v) is 14.5. The number of ether oxygens (including phenoxy) is 1. The van der Waals surface area contributed by atoms with Crippen molar-refractivity contribution in [1.82, 2.24) is 4.90 Å². The molecule has 0 radical (unpaired) electrons. The van der Waals surface area contributed by atoms with Gasteiger partial charge in [-0.1, -0.05) is 48.5 Å². The molecule has 0 N–H and O–H groups in total. The summed E-state index contributed by atoms with van der Waals surface area (Å²) in [4.78, 5) is 14.6. The van der Waals surface area contributed by atoms with Crippen molar-refractivity contribution < 1.29 is 9.53 Å². The van der Waals surface area contributed by atoms with Gasteiger partial charge in [-0.2, -0.15) is 0 Å². The number of likely N-dealkylation sites (tertiary alicyclic amines) is 1. The van der Waals surface area contributed by atoms with Crippen LogP contribution in [-0.4, -0.2) is 24.0 Å². The minimum Gasteiger partial charge on any atom is -0.367 e. The highest BCUT2D eigenvalue weighted by molar-refractivity contribution is 5.78. The summed E-state index contributed by atoms with van der Waals surface area (Å²) in [5.41, 5.74) is 4.91. The monoisotopic (exact) mass is 323 g/mol. The Morgan fingerprint density at radius 2 is 1.92 bits per heavy atom. The van der Waals surface area contributed by atoms with Crippen molar-refractivity contribution in [2.24, 2.45) is 0 Å². The number of nitrogens with zero attached hydrogens (tertiary/aromatic N) is 1. The molecule has 1 atom stereocenters. The van der Waals surface area contributed by atoms with Gasteiger partial charge in [0.25, 0.3) is 0 Å². The van der Waals surface area contributed by atoms with Gasteiger partial charge in [-0.15, -0.1) is 0 Å². The van der Waals surface area contributed by atoms with Crippen LogP contribution >= 0.6 is 0 Å². The Labute approximate surface area is 144 Å². The summed E-state index contributed by atoms with van der Waals surface area (Å²) in [5.74, 6) is 0.0895. The first kappa shape index (κ1) is 16.7. The highest BCUT2D eigenvalue weighted by atomic mass is 16.5. The van der Waals surface area contributed by atoms with E-state index in [4.69, 9.17) is 4.74 Å². The van der Waals surface area contributed by atoms with Crippen LogP contribution in [0.3, 0.4) is 0 Å². The smallest absolute Gasteiger partial charge is 0.249 e. The molecule has 126 valence electrons. The third-order valence-electron chi connectivity index (χ3n) is 4.83. The lowest BCUT2D eigenvalue weighted by atomic mass is 9.99. The average Bonchev–Trinajstić information content (AvgIpc) is 3.08. The molecule has 1 unspecified atom stereocenters. The van der Waals surface area contributed by atoms with Gasteiger partial charge in [0.15, 0.2) is 0 Å². The molecule has 3 nitrogen and oxygen atoms in total. The van der Waals surface area contributed by atoms with Gasteiger partial charge < -0.3 is 9.64 Å². The third-order valence-corrected chi connectivity index (χ3v) is 4.83. The van der Waals surface area contributed by atoms with Crippen LogP contribution in [0.5, 0.6) is 0 Å². The molecule has 0 aliphatic carbocycles. The van der Waals surface area contributed by atoms with Crippen LogP contribution in [0.4, 0.5) is 0 Å². The molecule has 1 amide bonds. The predicted octanol–water partition coefficient (Wildman–Crippen LogP) is 4.18. The van der Waals surface area contributed by atoms with Gasteiger partial charge >= 0.3 is 0 Å². The molecule has 0 spiro atoms. The summed E-state index contributed by atoms with van der Waals surface area (Å²) >= 11 is 0. The van der Waals surface area contributed by atoms with Crippen LogP contribution in [-0.2, 0) is 16.1 Å². The largest absolute Gasteiger partial charge is 0.367 e. The van der Waals surface area contributed by atoms with Crippen LogP contribution in [0.15, 0.2) is 48.5 Å². The molecule has 0 saturated carbocycles. The van der Waals surface area contributed by atoms with Crippen molar-refractivity contribution in [3.05, 3.63) is 70.8 Å². The predicted molar refractivity (Wildman–Crippen MR) is 95.7 cm³/mol. The third kappa shape index (κ3) is 3.85. The second kappa shape index (κ2) is 7.63. The maximum atomic E-state index is 12.6. The summed E-state index contributed by atoms with van der Waals surface area (Å²) in [6.07, 6.45) is 2.09. The minimum absolute atomic E-state index is 0.0895. The maximum Gasteiger partial charge on any atom is 0.249 e. The molecule has 1 aliphatic heterocycles. The quantitative estimate of drug-likeness (QED) is 0.826. The zero-order valence-electron chi connectivity index (χ0n) is 14.5. The number of benzene rings is 2. The van der Waals surface area contributed by atoms with E-state index in [0.717, 1.165) is 24.9 Å². The Morgan fingerprint density at radius 3 is 2.67 bits per heavy atom. The topological polar surface area (TPSA) is 29.5 Å².